The van der Waals surface area contributed by atoms with Gasteiger partial charge >= 0.3 is 0 Å². The number of hydrogen-bond donors (Lipinski definition) is 2. The first kappa shape index (κ1) is 15.3. The van der Waals surface area contributed by atoms with E-state index in [4.69, 9.17) is 0 Å². The second-order valence-electron chi connectivity index (χ2n) is 5.42. The zero-order valence-electron chi connectivity index (χ0n) is 12.5. The molecule has 2 aromatic rings. The van der Waals surface area contributed by atoms with Crippen LogP contribution in [0.2, 0.25) is 0 Å². The largest absolute Gasteiger partial charge is 0.394 e. The molecule has 0 bridgehead atoms. The number of rotatable bonds is 5. The van der Waals surface area contributed by atoms with Gasteiger partial charge in [0.25, 0.3) is 5.91 Å². The van der Waals surface area contributed by atoms with Gasteiger partial charge in [-0.15, -0.1) is 0 Å². The van der Waals surface area contributed by atoms with Gasteiger partial charge in [-0.05, 0) is 38.0 Å². The number of aliphatic hydroxyl groups excluding tert-OH is 1. The smallest absolute Gasteiger partial charge is 0.251 e. The van der Waals surface area contributed by atoms with E-state index in [1.54, 1.807) is 0 Å². The van der Waals surface area contributed by atoms with Gasteiger partial charge < -0.3 is 10.4 Å². The average Bonchev–Trinajstić information content (AvgIpc) is 2.46. The fraction of sp³-hybridized carbons (Fsp3) is 0.278. The molecule has 21 heavy (non-hydrogen) atoms. The molecule has 3 nitrogen and oxygen atoms in total. The first-order valence-corrected chi connectivity index (χ1v) is 7.12. The normalized spacial score (nSPS) is 12.0. The van der Waals surface area contributed by atoms with Crippen molar-refractivity contribution in [2.45, 2.75) is 26.3 Å². The molecule has 0 unspecified atom stereocenters. The molecule has 0 aliphatic heterocycles. The lowest BCUT2D eigenvalue weighted by atomic mass is 10.0. The van der Waals surface area contributed by atoms with Crippen molar-refractivity contribution in [1.29, 1.82) is 0 Å². The predicted molar refractivity (Wildman–Crippen MR) is 84.4 cm³/mol. The number of aryl methyl sites for hydroxylation is 2. The molecular weight excluding hydrogens is 262 g/mol. The molecule has 0 aliphatic carbocycles. The summed E-state index contributed by atoms with van der Waals surface area (Å²) in [7, 11) is 0. The molecule has 2 aromatic carbocycles. The maximum atomic E-state index is 12.3. The molecule has 0 spiro atoms. The van der Waals surface area contributed by atoms with Crippen LogP contribution in [0.25, 0.3) is 0 Å². The van der Waals surface area contributed by atoms with E-state index in [-0.39, 0.29) is 18.6 Å². The van der Waals surface area contributed by atoms with Gasteiger partial charge in [-0.25, -0.2) is 0 Å². The Balaban J connectivity index is 2.05. The quantitative estimate of drug-likeness (QED) is 0.886. The van der Waals surface area contributed by atoms with Gasteiger partial charge in [-0.2, -0.15) is 0 Å². The van der Waals surface area contributed by atoms with Crippen molar-refractivity contribution in [3.63, 3.8) is 0 Å². The second kappa shape index (κ2) is 7.04. The van der Waals surface area contributed by atoms with Crippen molar-refractivity contribution in [2.75, 3.05) is 6.61 Å². The third kappa shape index (κ3) is 4.43. The van der Waals surface area contributed by atoms with Gasteiger partial charge in [-0.1, -0.05) is 47.5 Å². The SMILES string of the molecule is Cc1cc(C)cc(C(=O)N[C@@H](CO)Cc2ccccc2)c1. The lowest BCUT2D eigenvalue weighted by molar-refractivity contribution is 0.0916. The lowest BCUT2D eigenvalue weighted by Gasteiger charge is -2.17. The number of carbonyl (C=O) groups is 1. The van der Waals surface area contributed by atoms with E-state index >= 15 is 0 Å². The van der Waals surface area contributed by atoms with E-state index in [1.807, 2.05) is 62.4 Å². The minimum absolute atomic E-state index is 0.0779. The fourth-order valence-corrected chi connectivity index (χ4v) is 2.43. The van der Waals surface area contributed by atoms with Crippen LogP contribution in [0.3, 0.4) is 0 Å². The molecule has 0 aliphatic rings. The lowest BCUT2D eigenvalue weighted by Crippen LogP contribution is -2.39. The molecule has 2 rings (SSSR count). The molecule has 0 heterocycles. The van der Waals surface area contributed by atoms with Gasteiger partial charge in [0, 0.05) is 5.56 Å². The summed E-state index contributed by atoms with van der Waals surface area (Å²) in [6.07, 6.45) is 0.619. The predicted octanol–water partition coefficient (Wildman–Crippen LogP) is 2.64. The van der Waals surface area contributed by atoms with E-state index in [2.05, 4.69) is 5.32 Å². The van der Waals surface area contributed by atoms with Gasteiger partial charge in [0.05, 0.1) is 12.6 Å². The minimum atomic E-state index is -0.277. The average molecular weight is 283 g/mol. The summed E-state index contributed by atoms with van der Waals surface area (Å²) in [5.74, 6) is -0.142. The number of carbonyl (C=O) groups excluding carboxylic acids is 1. The van der Waals surface area contributed by atoms with Crippen LogP contribution in [-0.2, 0) is 6.42 Å². The topological polar surface area (TPSA) is 49.3 Å². The zero-order valence-corrected chi connectivity index (χ0v) is 12.5. The molecular formula is C18H21NO2. The van der Waals surface area contributed by atoms with E-state index in [9.17, 15) is 9.90 Å². The highest BCUT2D eigenvalue weighted by Gasteiger charge is 2.14. The molecule has 0 radical (unpaired) electrons. The van der Waals surface area contributed by atoms with Gasteiger partial charge in [0.15, 0.2) is 0 Å². The highest BCUT2D eigenvalue weighted by atomic mass is 16.3. The van der Waals surface area contributed by atoms with E-state index < -0.39 is 0 Å². The Kier molecular flexibility index (Phi) is 5.12. The van der Waals surface area contributed by atoms with Crippen LogP contribution in [0.5, 0.6) is 0 Å². The van der Waals surface area contributed by atoms with E-state index in [0.717, 1.165) is 16.7 Å². The van der Waals surface area contributed by atoms with Crippen LogP contribution < -0.4 is 5.32 Å². The molecule has 0 saturated carbocycles. The molecule has 2 N–H and O–H groups in total. The minimum Gasteiger partial charge on any atom is -0.394 e. The van der Waals surface area contributed by atoms with Crippen LogP contribution in [0, 0.1) is 13.8 Å². The highest BCUT2D eigenvalue weighted by molar-refractivity contribution is 5.94. The maximum Gasteiger partial charge on any atom is 0.251 e. The van der Waals surface area contributed by atoms with Gasteiger partial charge in [0.2, 0.25) is 0 Å². The van der Waals surface area contributed by atoms with Gasteiger partial charge in [-0.3, -0.25) is 4.79 Å². The third-order valence-corrected chi connectivity index (χ3v) is 3.36. The standard InChI is InChI=1S/C18H21NO2/c1-13-8-14(2)10-16(9-13)18(21)19-17(12-20)11-15-6-4-3-5-7-15/h3-10,17,20H,11-12H2,1-2H3,(H,19,21)/t17-/m1/s1. The molecule has 1 amide bonds. The van der Waals surface area contributed by atoms with Crippen molar-refractivity contribution >= 4 is 5.91 Å². The third-order valence-electron chi connectivity index (χ3n) is 3.36. The van der Waals surface area contributed by atoms with Gasteiger partial charge in [0.1, 0.15) is 0 Å². The number of nitrogens with one attached hydrogen (secondary N) is 1. The van der Waals surface area contributed by atoms with Crippen LogP contribution in [-0.4, -0.2) is 23.7 Å². The van der Waals surface area contributed by atoms with Crippen LogP contribution in [0.1, 0.15) is 27.0 Å². The summed E-state index contributed by atoms with van der Waals surface area (Å²) in [4.78, 5) is 12.3. The van der Waals surface area contributed by atoms with E-state index in [0.29, 0.717) is 12.0 Å². The summed E-state index contributed by atoms with van der Waals surface area (Å²) >= 11 is 0. The second-order valence-corrected chi connectivity index (χ2v) is 5.42. The summed E-state index contributed by atoms with van der Waals surface area (Å²) in [5.41, 5.74) is 3.85. The zero-order chi connectivity index (χ0) is 15.2. The summed E-state index contributed by atoms with van der Waals surface area (Å²) < 4.78 is 0. The van der Waals surface area contributed by atoms with Crippen molar-refractivity contribution in [3.8, 4) is 0 Å². The van der Waals surface area contributed by atoms with Crippen molar-refractivity contribution in [2.24, 2.45) is 0 Å². The van der Waals surface area contributed by atoms with Crippen molar-refractivity contribution in [3.05, 3.63) is 70.8 Å². The summed E-state index contributed by atoms with van der Waals surface area (Å²) in [6, 6.07) is 15.3. The summed E-state index contributed by atoms with van der Waals surface area (Å²) in [6.45, 7) is 3.86. The Morgan fingerprint density at radius 1 is 1.10 bits per heavy atom. The maximum absolute atomic E-state index is 12.3. The first-order valence-electron chi connectivity index (χ1n) is 7.12. The molecule has 1 atom stereocenters. The summed E-state index contributed by atoms with van der Waals surface area (Å²) in [5, 5.41) is 12.4. The van der Waals surface area contributed by atoms with Crippen LogP contribution >= 0.6 is 0 Å². The molecule has 110 valence electrons. The van der Waals surface area contributed by atoms with E-state index in [1.165, 1.54) is 0 Å². The molecule has 0 saturated heterocycles. The Labute approximate surface area is 125 Å². The Bertz CT molecular complexity index is 588. The Hall–Kier alpha value is -2.13. The monoisotopic (exact) mass is 283 g/mol. The number of amides is 1. The first-order chi connectivity index (χ1) is 10.1. The van der Waals surface area contributed by atoms with Crippen LogP contribution in [0.15, 0.2) is 48.5 Å². The number of benzene rings is 2. The van der Waals surface area contributed by atoms with Crippen molar-refractivity contribution < 1.29 is 9.90 Å². The Morgan fingerprint density at radius 3 is 2.29 bits per heavy atom. The number of hydrogen-bond acceptors (Lipinski definition) is 2. The Morgan fingerprint density at radius 2 is 1.71 bits per heavy atom. The molecule has 0 aromatic heterocycles. The molecule has 0 fully saturated rings. The molecule has 3 heteroatoms. The van der Waals surface area contributed by atoms with Crippen molar-refractivity contribution in [1.82, 2.24) is 5.32 Å². The van der Waals surface area contributed by atoms with Crippen LogP contribution in [0.4, 0.5) is 0 Å². The highest BCUT2D eigenvalue weighted by Crippen LogP contribution is 2.10. The fourth-order valence-electron chi connectivity index (χ4n) is 2.43. The number of aliphatic hydroxyl groups is 1.